The minimum absolute atomic E-state index is 0.0736. The van der Waals surface area contributed by atoms with Gasteiger partial charge in [-0.05, 0) is 37.1 Å². The van der Waals surface area contributed by atoms with E-state index >= 15 is 0 Å². The highest BCUT2D eigenvalue weighted by atomic mass is 19.4. The molecule has 1 aliphatic carbocycles. The molecule has 28 heavy (non-hydrogen) atoms. The molecule has 10 heteroatoms. The summed E-state index contributed by atoms with van der Waals surface area (Å²) in [6, 6.07) is 4.30. The molecule has 6 nitrogen and oxygen atoms in total. The third kappa shape index (κ3) is 4.03. The second-order valence-corrected chi connectivity index (χ2v) is 6.43. The van der Waals surface area contributed by atoms with E-state index in [9.17, 15) is 22.4 Å². The number of urea groups is 1. The minimum atomic E-state index is -4.75. The monoisotopic (exact) mass is 393 g/mol. The van der Waals surface area contributed by atoms with Crippen LogP contribution in [0.15, 0.2) is 30.5 Å². The van der Waals surface area contributed by atoms with E-state index in [1.54, 1.807) is 6.07 Å². The lowest BCUT2D eigenvalue weighted by atomic mass is 9.93. The third-order valence-electron chi connectivity index (χ3n) is 4.59. The zero-order valence-electron chi connectivity index (χ0n) is 14.5. The maximum Gasteiger partial charge on any atom is 0.418 e. The van der Waals surface area contributed by atoms with E-state index in [0.717, 1.165) is 12.8 Å². The first-order valence-electron chi connectivity index (χ1n) is 8.43. The van der Waals surface area contributed by atoms with Gasteiger partial charge in [0, 0.05) is 6.20 Å². The topological polar surface area (TPSA) is 90.7 Å². The van der Waals surface area contributed by atoms with Gasteiger partial charge in [-0.25, -0.2) is 19.2 Å². The average molecular weight is 393 g/mol. The van der Waals surface area contributed by atoms with Gasteiger partial charge in [-0.2, -0.15) is 18.4 Å². The number of carbonyl (C=O) groups is 1. The van der Waals surface area contributed by atoms with Crippen LogP contribution in [0.4, 0.5) is 28.0 Å². The number of anilines is 1. The molecule has 1 aromatic carbocycles. The van der Waals surface area contributed by atoms with Crippen LogP contribution in [0, 0.1) is 17.1 Å². The summed E-state index contributed by atoms with van der Waals surface area (Å²) in [4.78, 5) is 20.4. The van der Waals surface area contributed by atoms with Crippen molar-refractivity contribution in [2.45, 2.75) is 37.4 Å². The van der Waals surface area contributed by atoms with E-state index in [1.165, 1.54) is 6.20 Å². The van der Waals surface area contributed by atoms with Crippen molar-refractivity contribution in [2.75, 3.05) is 5.32 Å². The summed E-state index contributed by atoms with van der Waals surface area (Å²) in [5, 5.41) is 13.7. The molecule has 3 rings (SSSR count). The lowest BCUT2D eigenvalue weighted by Gasteiger charge is -2.30. The van der Waals surface area contributed by atoms with E-state index in [2.05, 4.69) is 20.6 Å². The van der Waals surface area contributed by atoms with Crippen molar-refractivity contribution in [3.05, 3.63) is 53.4 Å². The van der Waals surface area contributed by atoms with Crippen LogP contribution in [-0.4, -0.2) is 16.0 Å². The summed E-state index contributed by atoms with van der Waals surface area (Å²) < 4.78 is 52.8. The molecule has 1 fully saturated rings. The maximum atomic E-state index is 13.4. The van der Waals surface area contributed by atoms with E-state index in [4.69, 9.17) is 5.26 Å². The molecule has 0 aliphatic heterocycles. The maximum absolute atomic E-state index is 13.4. The van der Waals surface area contributed by atoms with Crippen molar-refractivity contribution in [2.24, 2.45) is 0 Å². The second-order valence-electron chi connectivity index (χ2n) is 6.43. The Bertz CT molecular complexity index is 932. The van der Waals surface area contributed by atoms with Crippen molar-refractivity contribution >= 4 is 11.7 Å². The van der Waals surface area contributed by atoms with Gasteiger partial charge in [-0.3, -0.25) is 0 Å². The Morgan fingerprint density at radius 2 is 1.93 bits per heavy atom. The number of nitrogens with zero attached hydrogens (tertiary/aromatic N) is 3. The fourth-order valence-corrected chi connectivity index (χ4v) is 3.34. The van der Waals surface area contributed by atoms with Gasteiger partial charge < -0.3 is 10.6 Å². The molecular formula is C18H15F4N5O. The van der Waals surface area contributed by atoms with Gasteiger partial charge in [-0.15, -0.1) is 0 Å². The van der Waals surface area contributed by atoms with Crippen LogP contribution in [-0.2, 0) is 11.7 Å². The first-order valence-corrected chi connectivity index (χ1v) is 8.43. The second kappa shape index (κ2) is 7.42. The summed E-state index contributed by atoms with van der Waals surface area (Å²) in [6.07, 6.45) is -0.848. The first-order chi connectivity index (χ1) is 13.2. The zero-order valence-corrected chi connectivity index (χ0v) is 14.5. The molecule has 0 spiro atoms. The Morgan fingerprint density at radius 1 is 1.21 bits per heavy atom. The minimum Gasteiger partial charge on any atom is -0.327 e. The number of rotatable bonds is 3. The van der Waals surface area contributed by atoms with Crippen molar-refractivity contribution in [3.63, 3.8) is 0 Å². The molecule has 1 aliphatic rings. The van der Waals surface area contributed by atoms with Gasteiger partial charge in [0.05, 0.1) is 22.5 Å². The summed E-state index contributed by atoms with van der Waals surface area (Å²) >= 11 is 0. The van der Waals surface area contributed by atoms with Crippen molar-refractivity contribution in [1.29, 1.82) is 5.26 Å². The third-order valence-corrected chi connectivity index (χ3v) is 4.59. The van der Waals surface area contributed by atoms with E-state index < -0.39 is 34.8 Å². The predicted molar refractivity (Wildman–Crippen MR) is 90.4 cm³/mol. The van der Waals surface area contributed by atoms with Crippen LogP contribution in [0.2, 0.25) is 0 Å². The highest BCUT2D eigenvalue weighted by Crippen LogP contribution is 2.38. The highest BCUT2D eigenvalue weighted by Gasteiger charge is 2.39. The average Bonchev–Trinajstić information content (AvgIpc) is 3.10. The number of aromatic nitrogens is 2. The zero-order chi connectivity index (χ0) is 20.4. The fraction of sp³-hybridized carbons (Fsp3) is 0.333. The largest absolute Gasteiger partial charge is 0.418 e. The molecule has 1 aromatic heterocycles. The van der Waals surface area contributed by atoms with Gasteiger partial charge in [-0.1, -0.05) is 12.8 Å². The number of carbonyl (C=O) groups excluding carboxylic acids is 1. The molecule has 2 N–H and O–H groups in total. The van der Waals surface area contributed by atoms with Crippen molar-refractivity contribution < 1.29 is 22.4 Å². The van der Waals surface area contributed by atoms with Gasteiger partial charge >= 0.3 is 12.2 Å². The lowest BCUT2D eigenvalue weighted by molar-refractivity contribution is -0.136. The van der Waals surface area contributed by atoms with E-state index in [1.807, 2.05) is 6.07 Å². The molecule has 0 saturated heterocycles. The van der Waals surface area contributed by atoms with Crippen LogP contribution in [0.1, 0.15) is 42.8 Å². The molecule has 0 unspecified atom stereocenters. The molecule has 0 atom stereocenters. The Kier molecular flexibility index (Phi) is 5.18. The summed E-state index contributed by atoms with van der Waals surface area (Å²) in [5.74, 6) is -0.983. The van der Waals surface area contributed by atoms with E-state index in [0.29, 0.717) is 36.7 Å². The number of halogens is 4. The first kappa shape index (κ1) is 19.5. The van der Waals surface area contributed by atoms with Crippen LogP contribution in [0.3, 0.4) is 0 Å². The summed E-state index contributed by atoms with van der Waals surface area (Å²) in [5.41, 5.74) is -2.37. The number of alkyl halides is 3. The Hall–Kier alpha value is -3.22. The quantitative estimate of drug-likeness (QED) is 0.769. The van der Waals surface area contributed by atoms with Gasteiger partial charge in [0.1, 0.15) is 11.9 Å². The summed E-state index contributed by atoms with van der Waals surface area (Å²) in [7, 11) is 0. The van der Waals surface area contributed by atoms with Gasteiger partial charge in [0.25, 0.3) is 0 Å². The predicted octanol–water partition coefficient (Wildman–Crippen LogP) is 4.10. The lowest BCUT2D eigenvalue weighted by Crippen LogP contribution is -2.46. The smallest absolute Gasteiger partial charge is 0.327 e. The standard InChI is InChI=1S/C18H15F4N5O/c19-11-3-4-12(18(20,21)22)13(9-11)25-16(28)27-17(6-1-2-7-17)14-5-8-24-15(10-23)26-14/h3-5,8-9H,1-2,6-7H2,(H2,25,27,28). The molecule has 0 radical (unpaired) electrons. The Labute approximate surface area is 157 Å². The van der Waals surface area contributed by atoms with Crippen molar-refractivity contribution in [1.82, 2.24) is 15.3 Å². The SMILES string of the molecule is N#Cc1nccc(C2(NC(=O)Nc3cc(F)ccc3C(F)(F)F)CCCC2)n1. The molecule has 1 heterocycles. The molecular weight excluding hydrogens is 378 g/mol. The van der Waals surface area contributed by atoms with Gasteiger partial charge in [0.15, 0.2) is 0 Å². The van der Waals surface area contributed by atoms with Crippen LogP contribution >= 0.6 is 0 Å². The number of nitrogens with one attached hydrogen (secondary N) is 2. The molecule has 146 valence electrons. The molecule has 0 bridgehead atoms. The van der Waals surface area contributed by atoms with Crippen LogP contribution < -0.4 is 10.6 Å². The Morgan fingerprint density at radius 3 is 2.57 bits per heavy atom. The number of amides is 2. The highest BCUT2D eigenvalue weighted by molar-refractivity contribution is 5.90. The normalized spacial score (nSPS) is 15.7. The molecule has 2 amide bonds. The van der Waals surface area contributed by atoms with Crippen molar-refractivity contribution in [3.8, 4) is 6.07 Å². The molecule has 1 saturated carbocycles. The number of benzene rings is 1. The van der Waals surface area contributed by atoms with Crippen LogP contribution in [0.25, 0.3) is 0 Å². The number of nitriles is 1. The number of hydrogen-bond donors (Lipinski definition) is 2. The Balaban J connectivity index is 1.87. The number of hydrogen-bond acceptors (Lipinski definition) is 4. The molecule has 2 aromatic rings. The van der Waals surface area contributed by atoms with E-state index in [-0.39, 0.29) is 5.82 Å². The summed E-state index contributed by atoms with van der Waals surface area (Å²) in [6.45, 7) is 0. The fourth-order valence-electron chi connectivity index (χ4n) is 3.34. The van der Waals surface area contributed by atoms with Crippen LogP contribution in [0.5, 0.6) is 0 Å². The van der Waals surface area contributed by atoms with Gasteiger partial charge in [0.2, 0.25) is 5.82 Å².